The predicted molar refractivity (Wildman–Crippen MR) is 90.7 cm³/mol. The molecule has 0 aliphatic heterocycles. The number of benzene rings is 1. The highest BCUT2D eigenvalue weighted by Crippen LogP contribution is 2.11. The third kappa shape index (κ3) is 4.06. The molecule has 2 heterocycles. The van der Waals surface area contributed by atoms with Crippen LogP contribution in [0, 0.1) is 0 Å². The third-order valence-corrected chi connectivity index (χ3v) is 5.17. The normalized spacial score (nSPS) is 11.7. The highest BCUT2D eigenvalue weighted by atomic mass is 32.2. The predicted octanol–water partition coefficient (Wildman–Crippen LogP) is 1.24. The van der Waals surface area contributed by atoms with E-state index in [1.165, 1.54) is 37.5 Å². The molecule has 1 aromatic carbocycles. The van der Waals surface area contributed by atoms with E-state index in [1.807, 2.05) is 6.20 Å². The Bertz CT molecular complexity index is 996. The lowest BCUT2D eigenvalue weighted by atomic mass is 10.2. The number of Topliss-reactive ketones (excluding diaryl/α,β-unsaturated/α-hetero) is 1. The summed E-state index contributed by atoms with van der Waals surface area (Å²) in [4.78, 5) is 19.5. The fourth-order valence-electron chi connectivity index (χ4n) is 2.34. The minimum Gasteiger partial charge on any atom is -0.295 e. The number of carbonyl (C=O) groups is 1. The zero-order valence-corrected chi connectivity index (χ0v) is 14.4. The van der Waals surface area contributed by atoms with E-state index in [1.54, 1.807) is 10.7 Å². The van der Waals surface area contributed by atoms with Crippen LogP contribution in [0.5, 0.6) is 0 Å². The van der Waals surface area contributed by atoms with Crippen molar-refractivity contribution >= 4 is 21.6 Å². The van der Waals surface area contributed by atoms with Gasteiger partial charge in [0.2, 0.25) is 10.0 Å². The topological polar surface area (TPSA) is 106 Å². The molecule has 0 fully saturated rings. The van der Waals surface area contributed by atoms with E-state index in [2.05, 4.69) is 19.8 Å². The molecule has 0 spiro atoms. The number of hydrogen-bond donors (Lipinski definition) is 1. The van der Waals surface area contributed by atoms with Crippen molar-refractivity contribution in [2.24, 2.45) is 0 Å². The third-order valence-electron chi connectivity index (χ3n) is 3.69. The average molecular weight is 359 g/mol. The second-order valence-corrected chi connectivity index (χ2v) is 7.32. The Balaban J connectivity index is 1.55. The Hall–Kier alpha value is -2.65. The maximum atomic E-state index is 12.2. The van der Waals surface area contributed by atoms with Gasteiger partial charge in [-0.15, -0.1) is 0 Å². The van der Waals surface area contributed by atoms with E-state index in [-0.39, 0.29) is 10.7 Å². The zero-order valence-electron chi connectivity index (χ0n) is 13.6. The summed E-state index contributed by atoms with van der Waals surface area (Å²) in [6.45, 7) is 1.74. The van der Waals surface area contributed by atoms with Crippen LogP contribution in [0.25, 0.3) is 5.78 Å². The van der Waals surface area contributed by atoms with Crippen molar-refractivity contribution in [3.63, 3.8) is 0 Å². The quantitative estimate of drug-likeness (QED) is 0.502. The molecule has 8 nitrogen and oxygen atoms in total. The Kier molecular flexibility index (Phi) is 4.86. The molecule has 0 atom stereocenters. The summed E-state index contributed by atoms with van der Waals surface area (Å²) >= 11 is 0. The lowest BCUT2D eigenvalue weighted by molar-refractivity contribution is 0.101. The van der Waals surface area contributed by atoms with Crippen LogP contribution in [-0.4, -0.2) is 40.3 Å². The summed E-state index contributed by atoms with van der Waals surface area (Å²) in [5.74, 6) is 0.424. The molecule has 0 aliphatic carbocycles. The molecule has 3 rings (SSSR count). The fraction of sp³-hybridized carbons (Fsp3) is 0.250. The number of aromatic nitrogens is 4. The van der Waals surface area contributed by atoms with E-state index in [0.717, 1.165) is 5.56 Å². The van der Waals surface area contributed by atoms with E-state index < -0.39 is 10.0 Å². The SMILES string of the molecule is CC(=O)c1ccc(S(=O)(=O)NCCCc2cnc3ncnn3c2)cc1. The molecule has 0 aliphatic rings. The van der Waals surface area contributed by atoms with Crippen LogP contribution in [0.3, 0.4) is 0 Å². The zero-order chi connectivity index (χ0) is 17.9. The largest absolute Gasteiger partial charge is 0.295 e. The Morgan fingerprint density at radius 3 is 2.68 bits per heavy atom. The number of nitrogens with zero attached hydrogens (tertiary/aromatic N) is 4. The molecule has 0 unspecified atom stereocenters. The lowest BCUT2D eigenvalue weighted by Gasteiger charge is -2.07. The molecule has 130 valence electrons. The summed E-state index contributed by atoms with van der Waals surface area (Å²) in [6.07, 6.45) is 6.24. The Morgan fingerprint density at radius 2 is 1.96 bits per heavy atom. The molecule has 0 radical (unpaired) electrons. The first-order valence-electron chi connectivity index (χ1n) is 7.71. The van der Waals surface area contributed by atoms with Crippen molar-refractivity contribution in [3.05, 3.63) is 54.1 Å². The number of fused-ring (bicyclic) bond motifs is 1. The van der Waals surface area contributed by atoms with Gasteiger partial charge in [-0.25, -0.2) is 22.6 Å². The second kappa shape index (κ2) is 7.08. The molecule has 2 aromatic heterocycles. The molecular formula is C16H17N5O3S. The highest BCUT2D eigenvalue weighted by molar-refractivity contribution is 7.89. The second-order valence-electron chi connectivity index (χ2n) is 5.55. The van der Waals surface area contributed by atoms with E-state index >= 15 is 0 Å². The highest BCUT2D eigenvalue weighted by Gasteiger charge is 2.13. The summed E-state index contributed by atoms with van der Waals surface area (Å²) in [5.41, 5.74) is 1.43. The number of carbonyl (C=O) groups excluding carboxylic acids is 1. The molecule has 3 aromatic rings. The molecule has 0 amide bonds. The van der Waals surface area contributed by atoms with Crippen LogP contribution in [-0.2, 0) is 16.4 Å². The van der Waals surface area contributed by atoms with Gasteiger partial charge in [0.25, 0.3) is 5.78 Å². The number of hydrogen-bond acceptors (Lipinski definition) is 6. The number of nitrogens with one attached hydrogen (secondary N) is 1. The molecule has 9 heteroatoms. The molecule has 0 bridgehead atoms. The standard InChI is InChI=1S/C16H17N5O3S/c1-12(22)14-4-6-15(7-5-14)25(23,24)20-8-2-3-13-9-17-16-18-11-19-21(16)10-13/h4-7,9-11,20H,2-3,8H2,1H3. The van der Waals surface area contributed by atoms with Crippen molar-refractivity contribution in [2.75, 3.05) is 6.54 Å². The van der Waals surface area contributed by atoms with Crippen LogP contribution in [0.2, 0.25) is 0 Å². The van der Waals surface area contributed by atoms with Gasteiger partial charge in [-0.3, -0.25) is 4.79 Å². The minimum absolute atomic E-state index is 0.102. The van der Waals surface area contributed by atoms with Crippen LogP contribution in [0.4, 0.5) is 0 Å². The van der Waals surface area contributed by atoms with Crippen molar-refractivity contribution in [1.82, 2.24) is 24.3 Å². The van der Waals surface area contributed by atoms with Gasteiger partial charge in [0.15, 0.2) is 5.78 Å². The average Bonchev–Trinajstić information content (AvgIpc) is 3.06. The monoisotopic (exact) mass is 359 g/mol. The lowest BCUT2D eigenvalue weighted by Crippen LogP contribution is -2.25. The number of rotatable bonds is 7. The molecule has 0 saturated heterocycles. The van der Waals surface area contributed by atoms with Crippen LogP contribution in [0.1, 0.15) is 29.3 Å². The number of aryl methyl sites for hydroxylation is 1. The molecule has 0 saturated carbocycles. The van der Waals surface area contributed by atoms with Gasteiger partial charge in [-0.05, 0) is 37.5 Å². The first-order valence-corrected chi connectivity index (χ1v) is 9.19. The van der Waals surface area contributed by atoms with Crippen LogP contribution in [0.15, 0.2) is 47.9 Å². The van der Waals surface area contributed by atoms with Crippen molar-refractivity contribution in [2.45, 2.75) is 24.7 Å². The van der Waals surface area contributed by atoms with Crippen molar-refractivity contribution in [1.29, 1.82) is 0 Å². The minimum atomic E-state index is -3.59. The van der Waals surface area contributed by atoms with Gasteiger partial charge in [0.1, 0.15) is 6.33 Å². The number of sulfonamides is 1. The smallest absolute Gasteiger partial charge is 0.252 e. The van der Waals surface area contributed by atoms with Crippen molar-refractivity contribution in [3.8, 4) is 0 Å². The molecule has 25 heavy (non-hydrogen) atoms. The summed E-state index contributed by atoms with van der Waals surface area (Å²) in [7, 11) is -3.59. The van der Waals surface area contributed by atoms with Crippen LogP contribution < -0.4 is 4.72 Å². The van der Waals surface area contributed by atoms with Gasteiger partial charge < -0.3 is 0 Å². The van der Waals surface area contributed by atoms with Crippen LogP contribution >= 0.6 is 0 Å². The van der Waals surface area contributed by atoms with E-state index in [0.29, 0.717) is 30.7 Å². The summed E-state index contributed by atoms with van der Waals surface area (Å²) in [6, 6.07) is 5.88. The fourth-order valence-corrected chi connectivity index (χ4v) is 3.41. The first-order chi connectivity index (χ1) is 12.0. The van der Waals surface area contributed by atoms with Crippen molar-refractivity contribution < 1.29 is 13.2 Å². The van der Waals surface area contributed by atoms with E-state index in [9.17, 15) is 13.2 Å². The maximum absolute atomic E-state index is 12.2. The van der Waals surface area contributed by atoms with Gasteiger partial charge in [0.05, 0.1) is 4.90 Å². The Morgan fingerprint density at radius 1 is 1.20 bits per heavy atom. The molecule has 1 N–H and O–H groups in total. The van der Waals surface area contributed by atoms with Gasteiger partial charge in [0, 0.05) is 24.5 Å². The van der Waals surface area contributed by atoms with Gasteiger partial charge >= 0.3 is 0 Å². The first kappa shape index (κ1) is 17.2. The van der Waals surface area contributed by atoms with Gasteiger partial charge in [-0.2, -0.15) is 10.1 Å². The molecular weight excluding hydrogens is 342 g/mol. The Labute approximate surface area is 145 Å². The number of ketones is 1. The van der Waals surface area contributed by atoms with Gasteiger partial charge in [-0.1, -0.05) is 12.1 Å². The summed E-state index contributed by atoms with van der Waals surface area (Å²) in [5, 5.41) is 4.01. The summed E-state index contributed by atoms with van der Waals surface area (Å²) < 4.78 is 28.6. The maximum Gasteiger partial charge on any atom is 0.252 e. The van der Waals surface area contributed by atoms with E-state index in [4.69, 9.17) is 0 Å².